The van der Waals surface area contributed by atoms with Crippen molar-refractivity contribution in [2.45, 2.75) is 19.8 Å². The molecule has 134 valence electrons. The van der Waals surface area contributed by atoms with Crippen LogP contribution in [0.5, 0.6) is 17.2 Å². The van der Waals surface area contributed by atoms with E-state index in [0.29, 0.717) is 24.5 Å². The van der Waals surface area contributed by atoms with E-state index in [4.69, 9.17) is 18.9 Å². The average Bonchev–Trinajstić information content (AvgIpc) is 2.64. The SMILES string of the molecule is COc1cccc(CCC(=O)OCCOc2ccc(C)cc2)c1OC. The maximum absolute atomic E-state index is 11.9. The van der Waals surface area contributed by atoms with Crippen molar-refractivity contribution in [1.82, 2.24) is 0 Å². The molecular formula is C20H24O5. The molecular weight excluding hydrogens is 320 g/mol. The van der Waals surface area contributed by atoms with Gasteiger partial charge in [-0.15, -0.1) is 0 Å². The minimum atomic E-state index is -0.266. The molecule has 0 saturated heterocycles. The second-order valence-electron chi connectivity index (χ2n) is 5.53. The number of para-hydroxylation sites is 1. The van der Waals surface area contributed by atoms with Crippen LogP contribution in [0.4, 0.5) is 0 Å². The Morgan fingerprint density at radius 2 is 1.72 bits per heavy atom. The zero-order valence-corrected chi connectivity index (χ0v) is 14.9. The van der Waals surface area contributed by atoms with Crippen LogP contribution in [0.15, 0.2) is 42.5 Å². The zero-order valence-electron chi connectivity index (χ0n) is 14.9. The molecule has 5 heteroatoms. The Balaban J connectivity index is 1.73. The summed E-state index contributed by atoms with van der Waals surface area (Å²) in [5.74, 6) is 1.81. The molecule has 0 aromatic heterocycles. The molecule has 0 fully saturated rings. The van der Waals surface area contributed by atoms with Crippen LogP contribution in [0.25, 0.3) is 0 Å². The highest BCUT2D eigenvalue weighted by Crippen LogP contribution is 2.31. The number of benzene rings is 2. The summed E-state index contributed by atoms with van der Waals surface area (Å²) in [6, 6.07) is 13.3. The van der Waals surface area contributed by atoms with Crippen molar-refractivity contribution >= 4 is 5.97 Å². The van der Waals surface area contributed by atoms with E-state index in [0.717, 1.165) is 11.3 Å². The Kier molecular flexibility index (Phi) is 7.14. The van der Waals surface area contributed by atoms with Gasteiger partial charge in [0.2, 0.25) is 0 Å². The molecule has 0 aliphatic carbocycles. The van der Waals surface area contributed by atoms with E-state index in [-0.39, 0.29) is 19.0 Å². The van der Waals surface area contributed by atoms with Crippen LogP contribution < -0.4 is 14.2 Å². The predicted molar refractivity (Wildman–Crippen MR) is 95.5 cm³/mol. The number of ether oxygens (including phenoxy) is 4. The Morgan fingerprint density at radius 3 is 2.40 bits per heavy atom. The van der Waals surface area contributed by atoms with Crippen LogP contribution in [0.1, 0.15) is 17.5 Å². The number of carbonyl (C=O) groups excluding carboxylic acids is 1. The fraction of sp³-hybridized carbons (Fsp3) is 0.350. The van der Waals surface area contributed by atoms with Crippen molar-refractivity contribution in [3.05, 3.63) is 53.6 Å². The Morgan fingerprint density at radius 1 is 0.960 bits per heavy atom. The molecule has 2 aromatic carbocycles. The summed E-state index contributed by atoms with van der Waals surface area (Å²) in [5.41, 5.74) is 2.08. The third-order valence-electron chi connectivity index (χ3n) is 3.72. The Bertz CT molecular complexity index is 679. The normalized spacial score (nSPS) is 10.2. The van der Waals surface area contributed by atoms with Gasteiger partial charge < -0.3 is 18.9 Å². The summed E-state index contributed by atoms with van der Waals surface area (Å²) >= 11 is 0. The van der Waals surface area contributed by atoms with Crippen molar-refractivity contribution < 1.29 is 23.7 Å². The number of rotatable bonds is 9. The van der Waals surface area contributed by atoms with Crippen molar-refractivity contribution in [3.63, 3.8) is 0 Å². The molecule has 0 heterocycles. The third kappa shape index (κ3) is 5.71. The number of hydrogen-bond donors (Lipinski definition) is 0. The van der Waals surface area contributed by atoms with Crippen LogP contribution >= 0.6 is 0 Å². The largest absolute Gasteiger partial charge is 0.493 e. The van der Waals surface area contributed by atoms with E-state index in [1.807, 2.05) is 49.4 Å². The molecule has 2 rings (SSSR count). The number of carbonyl (C=O) groups is 1. The maximum Gasteiger partial charge on any atom is 0.306 e. The lowest BCUT2D eigenvalue weighted by Gasteiger charge is -2.12. The van der Waals surface area contributed by atoms with Gasteiger partial charge in [0.1, 0.15) is 19.0 Å². The first kappa shape index (κ1) is 18.6. The number of aryl methyl sites for hydroxylation is 2. The zero-order chi connectivity index (χ0) is 18.1. The van der Waals surface area contributed by atoms with Gasteiger partial charge in [0, 0.05) is 6.42 Å². The van der Waals surface area contributed by atoms with Gasteiger partial charge in [-0.1, -0.05) is 29.8 Å². The van der Waals surface area contributed by atoms with Gasteiger partial charge in [-0.25, -0.2) is 0 Å². The van der Waals surface area contributed by atoms with E-state index in [2.05, 4.69) is 0 Å². The highest BCUT2D eigenvalue weighted by Gasteiger charge is 2.11. The molecule has 0 N–H and O–H groups in total. The quantitative estimate of drug-likeness (QED) is 0.514. The van der Waals surface area contributed by atoms with E-state index in [9.17, 15) is 4.79 Å². The van der Waals surface area contributed by atoms with Crippen LogP contribution in [-0.2, 0) is 16.0 Å². The molecule has 25 heavy (non-hydrogen) atoms. The molecule has 0 unspecified atom stereocenters. The van der Waals surface area contributed by atoms with Crippen LogP contribution in [0, 0.1) is 6.92 Å². The second-order valence-corrected chi connectivity index (χ2v) is 5.53. The van der Waals surface area contributed by atoms with E-state index < -0.39 is 0 Å². The topological polar surface area (TPSA) is 54.0 Å². The molecule has 2 aromatic rings. The van der Waals surface area contributed by atoms with Crippen molar-refractivity contribution in [2.24, 2.45) is 0 Å². The summed E-state index contributed by atoms with van der Waals surface area (Å²) in [6.45, 7) is 2.57. The summed E-state index contributed by atoms with van der Waals surface area (Å²) in [5, 5.41) is 0. The number of esters is 1. The van der Waals surface area contributed by atoms with E-state index >= 15 is 0 Å². The van der Waals surface area contributed by atoms with Gasteiger partial charge in [-0.3, -0.25) is 4.79 Å². The molecule has 0 saturated carbocycles. The summed E-state index contributed by atoms with van der Waals surface area (Å²) < 4.78 is 21.3. The molecule has 0 radical (unpaired) electrons. The van der Waals surface area contributed by atoms with Gasteiger partial charge in [0.25, 0.3) is 0 Å². The minimum Gasteiger partial charge on any atom is -0.493 e. The molecule has 5 nitrogen and oxygen atoms in total. The van der Waals surface area contributed by atoms with E-state index in [1.165, 1.54) is 5.56 Å². The fourth-order valence-corrected chi connectivity index (χ4v) is 2.41. The monoisotopic (exact) mass is 344 g/mol. The second kappa shape index (κ2) is 9.57. The third-order valence-corrected chi connectivity index (χ3v) is 3.72. The van der Waals surface area contributed by atoms with Gasteiger partial charge in [-0.2, -0.15) is 0 Å². The Labute approximate surface area is 148 Å². The number of methoxy groups -OCH3 is 2. The first-order valence-electron chi connectivity index (χ1n) is 8.19. The lowest BCUT2D eigenvalue weighted by Crippen LogP contribution is -2.13. The van der Waals surface area contributed by atoms with Gasteiger partial charge in [0.15, 0.2) is 11.5 Å². The molecule has 0 spiro atoms. The maximum atomic E-state index is 11.9. The molecule has 0 aliphatic rings. The lowest BCUT2D eigenvalue weighted by atomic mass is 10.1. The standard InChI is InChI=1S/C20H24O5/c1-15-7-10-17(11-8-15)24-13-14-25-19(21)12-9-16-5-4-6-18(22-2)20(16)23-3/h4-8,10-11H,9,12-14H2,1-3H3. The highest BCUT2D eigenvalue weighted by molar-refractivity contribution is 5.70. The summed E-state index contributed by atoms with van der Waals surface area (Å²) in [6.07, 6.45) is 0.798. The van der Waals surface area contributed by atoms with Crippen molar-refractivity contribution in [2.75, 3.05) is 27.4 Å². The van der Waals surface area contributed by atoms with Gasteiger partial charge >= 0.3 is 5.97 Å². The molecule has 0 aliphatic heterocycles. The fourth-order valence-electron chi connectivity index (χ4n) is 2.41. The van der Waals surface area contributed by atoms with Crippen LogP contribution in [-0.4, -0.2) is 33.4 Å². The molecule has 0 atom stereocenters. The Hall–Kier alpha value is -2.69. The lowest BCUT2D eigenvalue weighted by molar-refractivity contribution is -0.144. The van der Waals surface area contributed by atoms with Crippen LogP contribution in [0.2, 0.25) is 0 Å². The predicted octanol–water partition coefficient (Wildman–Crippen LogP) is 3.57. The first-order chi connectivity index (χ1) is 12.1. The van der Waals surface area contributed by atoms with E-state index in [1.54, 1.807) is 14.2 Å². The van der Waals surface area contributed by atoms with Gasteiger partial charge in [0.05, 0.1) is 14.2 Å². The van der Waals surface area contributed by atoms with Gasteiger partial charge in [-0.05, 0) is 37.1 Å². The summed E-state index contributed by atoms with van der Waals surface area (Å²) in [7, 11) is 3.17. The van der Waals surface area contributed by atoms with Crippen LogP contribution in [0.3, 0.4) is 0 Å². The summed E-state index contributed by atoms with van der Waals surface area (Å²) in [4.78, 5) is 11.9. The molecule has 0 bridgehead atoms. The average molecular weight is 344 g/mol. The van der Waals surface area contributed by atoms with Crippen molar-refractivity contribution in [1.29, 1.82) is 0 Å². The smallest absolute Gasteiger partial charge is 0.306 e. The minimum absolute atomic E-state index is 0.224. The van der Waals surface area contributed by atoms with Crippen molar-refractivity contribution in [3.8, 4) is 17.2 Å². The number of hydrogen-bond acceptors (Lipinski definition) is 5. The molecule has 0 amide bonds. The highest BCUT2D eigenvalue weighted by atomic mass is 16.6. The first-order valence-corrected chi connectivity index (χ1v) is 8.19.